The van der Waals surface area contributed by atoms with Gasteiger partial charge in [0.2, 0.25) is 0 Å². The Morgan fingerprint density at radius 3 is 2.35 bits per heavy atom. The van der Waals surface area contributed by atoms with E-state index < -0.39 is 0 Å². The lowest BCUT2D eigenvalue weighted by Gasteiger charge is -2.39. The topological polar surface area (TPSA) is 27.3 Å². The Bertz CT molecular complexity index is 597. The predicted octanol–water partition coefficient (Wildman–Crippen LogP) is 3.75. The molecule has 1 aromatic carbocycles. The normalized spacial score (nSPS) is 30.3. The van der Waals surface area contributed by atoms with Gasteiger partial charge in [0.25, 0.3) is 0 Å². The van der Waals surface area contributed by atoms with Crippen molar-refractivity contribution in [3.63, 3.8) is 0 Å². The molecular formula is C19H27N3S. The van der Waals surface area contributed by atoms with Crippen molar-refractivity contribution in [2.24, 2.45) is 0 Å². The molecule has 2 N–H and O–H groups in total. The molecule has 4 heteroatoms. The first-order valence-electron chi connectivity index (χ1n) is 9.03. The van der Waals surface area contributed by atoms with Crippen LogP contribution in [0.5, 0.6) is 0 Å². The highest BCUT2D eigenvalue weighted by molar-refractivity contribution is 7.80. The van der Waals surface area contributed by atoms with Gasteiger partial charge in [0.1, 0.15) is 0 Å². The van der Waals surface area contributed by atoms with Crippen molar-refractivity contribution in [1.82, 2.24) is 10.2 Å². The summed E-state index contributed by atoms with van der Waals surface area (Å²) in [4.78, 5) is 2.83. The molecule has 1 aliphatic carbocycles. The number of benzene rings is 1. The van der Waals surface area contributed by atoms with Crippen LogP contribution in [0.2, 0.25) is 0 Å². The first-order chi connectivity index (χ1) is 11.1. The van der Waals surface area contributed by atoms with Crippen molar-refractivity contribution in [2.45, 2.75) is 76.5 Å². The van der Waals surface area contributed by atoms with Crippen LogP contribution in [0.25, 0.3) is 0 Å². The molecule has 124 valence electrons. The number of nitrogens with one attached hydrogen (secondary N) is 2. The van der Waals surface area contributed by atoms with Crippen LogP contribution in [0, 0.1) is 13.8 Å². The van der Waals surface area contributed by atoms with Crippen LogP contribution in [0.15, 0.2) is 18.2 Å². The third-order valence-electron chi connectivity index (χ3n) is 5.95. The molecule has 3 nitrogen and oxygen atoms in total. The standard InChI is InChI=1S/C19H27N3S/c1-12-4-3-5-18(13(12)2)21-19(23)20-14-10-16-8-9-17(11-14)22(16)15-6-7-15/h3-5,14-17H,6-11H2,1-2H3,(H2,20,21,23)/t16-,17-/m0/s1. The molecule has 1 aromatic rings. The largest absolute Gasteiger partial charge is 0.360 e. The van der Waals surface area contributed by atoms with Crippen molar-refractivity contribution in [1.29, 1.82) is 0 Å². The van der Waals surface area contributed by atoms with E-state index in [2.05, 4.69) is 47.6 Å². The number of fused-ring (bicyclic) bond motifs is 2. The first-order valence-corrected chi connectivity index (χ1v) is 9.44. The number of thiocarbonyl (C=S) groups is 1. The maximum absolute atomic E-state index is 5.57. The first kappa shape index (κ1) is 15.4. The van der Waals surface area contributed by atoms with Crippen molar-refractivity contribution in [2.75, 3.05) is 5.32 Å². The molecule has 2 saturated heterocycles. The van der Waals surface area contributed by atoms with E-state index in [1.807, 2.05) is 0 Å². The predicted molar refractivity (Wildman–Crippen MR) is 100.0 cm³/mol. The minimum atomic E-state index is 0.535. The summed E-state index contributed by atoms with van der Waals surface area (Å²) in [6.07, 6.45) is 8.13. The second-order valence-electron chi connectivity index (χ2n) is 7.58. The van der Waals surface area contributed by atoms with Crippen LogP contribution in [-0.4, -0.2) is 34.2 Å². The van der Waals surface area contributed by atoms with Crippen molar-refractivity contribution in [3.05, 3.63) is 29.3 Å². The van der Waals surface area contributed by atoms with Crippen molar-refractivity contribution < 1.29 is 0 Å². The number of piperidine rings is 1. The zero-order valence-electron chi connectivity index (χ0n) is 14.1. The van der Waals surface area contributed by atoms with Crippen LogP contribution in [-0.2, 0) is 0 Å². The molecule has 2 aliphatic heterocycles. The van der Waals surface area contributed by atoms with Gasteiger partial charge in [-0.25, -0.2) is 0 Å². The van der Waals surface area contributed by atoms with Gasteiger partial charge in [0, 0.05) is 29.9 Å². The fourth-order valence-electron chi connectivity index (χ4n) is 4.53. The summed E-state index contributed by atoms with van der Waals surface area (Å²) < 4.78 is 0. The van der Waals surface area contributed by atoms with E-state index in [1.54, 1.807) is 0 Å². The minimum Gasteiger partial charge on any atom is -0.360 e. The number of anilines is 1. The van der Waals surface area contributed by atoms with Crippen LogP contribution in [0.1, 0.15) is 49.7 Å². The molecule has 0 spiro atoms. The Morgan fingerprint density at radius 1 is 1.04 bits per heavy atom. The smallest absolute Gasteiger partial charge is 0.171 e. The lowest BCUT2D eigenvalue weighted by Crippen LogP contribution is -2.51. The van der Waals surface area contributed by atoms with Gasteiger partial charge in [-0.3, -0.25) is 4.90 Å². The molecule has 3 aliphatic rings. The second-order valence-corrected chi connectivity index (χ2v) is 7.99. The molecule has 2 atom stereocenters. The molecule has 4 rings (SSSR count). The van der Waals surface area contributed by atoms with Crippen LogP contribution >= 0.6 is 12.2 Å². The SMILES string of the molecule is Cc1cccc(NC(=S)NC2C[C@@H]3CC[C@@H](C2)N3C2CC2)c1C. The lowest BCUT2D eigenvalue weighted by atomic mass is 9.97. The van der Waals surface area contributed by atoms with Gasteiger partial charge >= 0.3 is 0 Å². The highest BCUT2D eigenvalue weighted by Gasteiger charge is 2.46. The molecular weight excluding hydrogens is 302 g/mol. The van der Waals surface area contributed by atoms with Crippen LogP contribution < -0.4 is 10.6 Å². The number of aryl methyl sites for hydroxylation is 1. The van der Waals surface area contributed by atoms with E-state index in [-0.39, 0.29) is 0 Å². The van der Waals surface area contributed by atoms with Gasteiger partial charge < -0.3 is 10.6 Å². The lowest BCUT2D eigenvalue weighted by molar-refractivity contribution is 0.114. The van der Waals surface area contributed by atoms with E-state index in [9.17, 15) is 0 Å². The Kier molecular flexibility index (Phi) is 4.06. The Balaban J connectivity index is 1.36. The average Bonchev–Trinajstić information content (AvgIpc) is 3.31. The monoisotopic (exact) mass is 329 g/mol. The summed E-state index contributed by atoms with van der Waals surface area (Å²) in [5.74, 6) is 0. The summed E-state index contributed by atoms with van der Waals surface area (Å²) in [6.45, 7) is 4.29. The molecule has 3 fully saturated rings. The van der Waals surface area contributed by atoms with E-state index >= 15 is 0 Å². The third-order valence-corrected chi connectivity index (χ3v) is 6.17. The van der Waals surface area contributed by atoms with E-state index in [0.29, 0.717) is 6.04 Å². The van der Waals surface area contributed by atoms with E-state index in [0.717, 1.165) is 28.9 Å². The summed E-state index contributed by atoms with van der Waals surface area (Å²) in [5.41, 5.74) is 3.70. The molecule has 0 amide bonds. The molecule has 1 saturated carbocycles. The van der Waals surface area contributed by atoms with Crippen LogP contribution in [0.3, 0.4) is 0 Å². The number of hydrogen-bond donors (Lipinski definition) is 2. The van der Waals surface area contributed by atoms with Gasteiger partial charge in [-0.2, -0.15) is 0 Å². The number of rotatable bonds is 3. The summed E-state index contributed by atoms with van der Waals surface area (Å²) in [7, 11) is 0. The fourth-order valence-corrected chi connectivity index (χ4v) is 4.81. The van der Waals surface area contributed by atoms with Gasteiger partial charge in [-0.1, -0.05) is 12.1 Å². The molecule has 2 bridgehead atoms. The maximum atomic E-state index is 5.57. The second kappa shape index (κ2) is 6.06. The van der Waals surface area contributed by atoms with Gasteiger partial charge in [0.05, 0.1) is 0 Å². The Hall–Kier alpha value is -1.13. The zero-order chi connectivity index (χ0) is 16.0. The third kappa shape index (κ3) is 3.11. The highest BCUT2D eigenvalue weighted by Crippen LogP contribution is 2.43. The maximum Gasteiger partial charge on any atom is 0.171 e. The fraction of sp³-hybridized carbons (Fsp3) is 0.632. The highest BCUT2D eigenvalue weighted by atomic mass is 32.1. The Morgan fingerprint density at radius 2 is 1.70 bits per heavy atom. The Labute approximate surface area is 144 Å². The summed E-state index contributed by atoms with van der Waals surface area (Å²) >= 11 is 5.57. The molecule has 0 radical (unpaired) electrons. The van der Waals surface area contributed by atoms with Gasteiger partial charge in [-0.05, 0) is 81.8 Å². The van der Waals surface area contributed by atoms with Crippen LogP contribution in [0.4, 0.5) is 5.69 Å². The van der Waals surface area contributed by atoms with E-state index in [1.165, 1.54) is 49.7 Å². The summed E-state index contributed by atoms with van der Waals surface area (Å²) in [5, 5.41) is 7.77. The van der Waals surface area contributed by atoms with Crippen molar-refractivity contribution >= 4 is 23.0 Å². The zero-order valence-corrected chi connectivity index (χ0v) is 15.0. The summed E-state index contributed by atoms with van der Waals surface area (Å²) in [6, 6.07) is 9.37. The molecule has 23 heavy (non-hydrogen) atoms. The average molecular weight is 330 g/mol. The van der Waals surface area contributed by atoms with Gasteiger partial charge in [-0.15, -0.1) is 0 Å². The molecule has 0 aromatic heterocycles. The minimum absolute atomic E-state index is 0.535. The molecule has 2 heterocycles. The molecule has 0 unspecified atom stereocenters. The van der Waals surface area contributed by atoms with Crippen molar-refractivity contribution in [3.8, 4) is 0 Å². The van der Waals surface area contributed by atoms with E-state index in [4.69, 9.17) is 12.2 Å². The van der Waals surface area contributed by atoms with Gasteiger partial charge in [0.15, 0.2) is 5.11 Å². The number of hydrogen-bond acceptors (Lipinski definition) is 2. The number of nitrogens with zero attached hydrogens (tertiary/aromatic N) is 1. The quantitative estimate of drug-likeness (QED) is 0.826.